The number of nitrogens with one attached hydrogen (secondary N) is 2. The number of fused-ring (bicyclic) bond motifs is 1. The summed E-state index contributed by atoms with van der Waals surface area (Å²) < 4.78 is 0. The SMILES string of the molecule is Cc1ccc(NC(=O)CN(C)C)c(NC(=O)c2cccc3cccnc23)c1. The second kappa shape index (κ2) is 7.97. The van der Waals surface area contributed by atoms with Crippen molar-refractivity contribution in [2.75, 3.05) is 31.3 Å². The number of rotatable bonds is 5. The normalized spacial score (nSPS) is 10.8. The van der Waals surface area contributed by atoms with Crippen LogP contribution in [0.2, 0.25) is 0 Å². The third kappa shape index (κ3) is 4.48. The van der Waals surface area contributed by atoms with Crippen LogP contribution in [0.5, 0.6) is 0 Å². The number of benzene rings is 2. The summed E-state index contributed by atoms with van der Waals surface area (Å²) in [6, 6.07) is 14.8. The van der Waals surface area contributed by atoms with Gasteiger partial charge >= 0.3 is 0 Å². The maximum atomic E-state index is 12.9. The van der Waals surface area contributed by atoms with E-state index in [1.807, 2.05) is 57.4 Å². The lowest BCUT2D eigenvalue weighted by Gasteiger charge is -2.15. The van der Waals surface area contributed by atoms with Crippen molar-refractivity contribution in [1.29, 1.82) is 0 Å². The molecular weight excluding hydrogens is 340 g/mol. The molecule has 1 heterocycles. The molecule has 0 spiro atoms. The zero-order valence-electron chi connectivity index (χ0n) is 15.6. The van der Waals surface area contributed by atoms with E-state index < -0.39 is 0 Å². The van der Waals surface area contributed by atoms with Gasteiger partial charge in [-0.2, -0.15) is 0 Å². The van der Waals surface area contributed by atoms with Gasteiger partial charge in [-0.3, -0.25) is 14.6 Å². The van der Waals surface area contributed by atoms with Crippen LogP contribution in [0.3, 0.4) is 0 Å². The predicted octanol–water partition coefficient (Wildman–Crippen LogP) is 3.30. The van der Waals surface area contributed by atoms with Gasteiger partial charge < -0.3 is 15.5 Å². The molecule has 27 heavy (non-hydrogen) atoms. The van der Waals surface area contributed by atoms with Crippen molar-refractivity contribution in [2.45, 2.75) is 6.92 Å². The molecule has 3 aromatic rings. The summed E-state index contributed by atoms with van der Waals surface area (Å²) in [6.07, 6.45) is 1.67. The van der Waals surface area contributed by atoms with E-state index in [-0.39, 0.29) is 18.4 Å². The monoisotopic (exact) mass is 362 g/mol. The second-order valence-corrected chi connectivity index (χ2v) is 6.67. The molecule has 0 fully saturated rings. The number of anilines is 2. The quantitative estimate of drug-likeness (QED) is 0.730. The van der Waals surface area contributed by atoms with E-state index in [0.29, 0.717) is 22.5 Å². The molecule has 2 aromatic carbocycles. The molecule has 2 amide bonds. The fourth-order valence-electron chi connectivity index (χ4n) is 2.82. The lowest BCUT2D eigenvalue weighted by atomic mass is 10.1. The number of para-hydroxylation sites is 1. The molecule has 2 N–H and O–H groups in total. The summed E-state index contributed by atoms with van der Waals surface area (Å²) in [5.74, 6) is -0.417. The summed E-state index contributed by atoms with van der Waals surface area (Å²) in [5.41, 5.74) is 3.23. The Morgan fingerprint density at radius 3 is 2.56 bits per heavy atom. The van der Waals surface area contributed by atoms with Gasteiger partial charge in [-0.25, -0.2) is 0 Å². The van der Waals surface area contributed by atoms with Crippen LogP contribution in [0.15, 0.2) is 54.7 Å². The van der Waals surface area contributed by atoms with Gasteiger partial charge in [0.2, 0.25) is 5.91 Å². The fourth-order valence-corrected chi connectivity index (χ4v) is 2.82. The topological polar surface area (TPSA) is 74.3 Å². The third-order valence-corrected chi connectivity index (χ3v) is 4.03. The summed E-state index contributed by atoms with van der Waals surface area (Å²) in [5, 5.41) is 6.66. The van der Waals surface area contributed by atoms with E-state index in [1.54, 1.807) is 23.2 Å². The standard InChI is InChI=1S/C21H22N4O2/c1-14-9-10-17(23-19(26)13-25(2)3)18(12-14)24-21(27)16-8-4-6-15-7-5-11-22-20(15)16/h4-12H,13H2,1-3H3,(H,23,26)(H,24,27). The number of carbonyl (C=O) groups excluding carboxylic acids is 2. The number of pyridine rings is 1. The van der Waals surface area contributed by atoms with Crippen LogP contribution in [-0.4, -0.2) is 42.3 Å². The second-order valence-electron chi connectivity index (χ2n) is 6.67. The summed E-state index contributed by atoms with van der Waals surface area (Å²) in [4.78, 5) is 31.1. The molecule has 1 aromatic heterocycles. The number of amides is 2. The van der Waals surface area contributed by atoms with Gasteiger partial charge in [-0.1, -0.05) is 24.3 Å². The van der Waals surface area contributed by atoms with E-state index in [4.69, 9.17) is 0 Å². The zero-order valence-corrected chi connectivity index (χ0v) is 15.6. The van der Waals surface area contributed by atoms with Gasteiger partial charge in [0.1, 0.15) is 0 Å². The van der Waals surface area contributed by atoms with Gasteiger partial charge in [0.25, 0.3) is 5.91 Å². The van der Waals surface area contributed by atoms with Gasteiger partial charge in [0.15, 0.2) is 0 Å². The number of likely N-dealkylation sites (N-methyl/N-ethyl adjacent to an activating group) is 1. The van der Waals surface area contributed by atoms with Crippen molar-refractivity contribution in [1.82, 2.24) is 9.88 Å². The fraction of sp³-hybridized carbons (Fsp3) is 0.190. The highest BCUT2D eigenvalue weighted by Gasteiger charge is 2.14. The lowest BCUT2D eigenvalue weighted by molar-refractivity contribution is -0.116. The van der Waals surface area contributed by atoms with Crippen LogP contribution in [0.25, 0.3) is 10.9 Å². The molecule has 0 aliphatic rings. The van der Waals surface area contributed by atoms with Crippen molar-refractivity contribution in [2.24, 2.45) is 0 Å². The van der Waals surface area contributed by atoms with E-state index in [0.717, 1.165) is 10.9 Å². The van der Waals surface area contributed by atoms with E-state index in [2.05, 4.69) is 15.6 Å². The third-order valence-electron chi connectivity index (χ3n) is 4.03. The smallest absolute Gasteiger partial charge is 0.257 e. The summed E-state index contributed by atoms with van der Waals surface area (Å²) in [6.45, 7) is 2.19. The van der Waals surface area contributed by atoms with Crippen molar-refractivity contribution in [3.8, 4) is 0 Å². The van der Waals surface area contributed by atoms with Crippen LogP contribution in [0, 0.1) is 6.92 Å². The molecule has 0 atom stereocenters. The van der Waals surface area contributed by atoms with Crippen molar-refractivity contribution < 1.29 is 9.59 Å². The first-order valence-electron chi connectivity index (χ1n) is 8.64. The molecule has 0 bridgehead atoms. The molecule has 0 radical (unpaired) electrons. The van der Waals surface area contributed by atoms with Crippen LogP contribution >= 0.6 is 0 Å². The molecule has 0 saturated heterocycles. The first-order valence-corrected chi connectivity index (χ1v) is 8.64. The molecule has 0 saturated carbocycles. The summed E-state index contributed by atoms with van der Waals surface area (Å²) in [7, 11) is 3.65. The summed E-state index contributed by atoms with van der Waals surface area (Å²) >= 11 is 0. The molecule has 0 aliphatic heterocycles. The highest BCUT2D eigenvalue weighted by Crippen LogP contribution is 2.25. The first-order chi connectivity index (χ1) is 12.9. The van der Waals surface area contributed by atoms with Crippen LogP contribution in [-0.2, 0) is 4.79 Å². The van der Waals surface area contributed by atoms with Crippen molar-refractivity contribution >= 4 is 34.1 Å². The van der Waals surface area contributed by atoms with Gasteiger partial charge in [0.05, 0.1) is 29.0 Å². The Morgan fingerprint density at radius 1 is 1.00 bits per heavy atom. The Balaban J connectivity index is 1.89. The van der Waals surface area contributed by atoms with E-state index in [9.17, 15) is 9.59 Å². The predicted molar refractivity (Wildman–Crippen MR) is 108 cm³/mol. The average Bonchev–Trinajstić information content (AvgIpc) is 2.62. The van der Waals surface area contributed by atoms with E-state index in [1.165, 1.54) is 0 Å². The van der Waals surface area contributed by atoms with Gasteiger partial charge in [-0.15, -0.1) is 0 Å². The van der Waals surface area contributed by atoms with Crippen LogP contribution < -0.4 is 10.6 Å². The first kappa shape index (κ1) is 18.5. The number of aryl methyl sites for hydroxylation is 1. The van der Waals surface area contributed by atoms with Crippen LogP contribution in [0.1, 0.15) is 15.9 Å². The minimum absolute atomic E-state index is 0.147. The van der Waals surface area contributed by atoms with Gasteiger partial charge in [-0.05, 0) is 50.8 Å². The maximum Gasteiger partial charge on any atom is 0.257 e. The Labute approximate surface area is 158 Å². The average molecular weight is 362 g/mol. The molecule has 138 valence electrons. The number of hydrogen-bond donors (Lipinski definition) is 2. The molecule has 3 rings (SSSR count). The lowest BCUT2D eigenvalue weighted by Crippen LogP contribution is -2.27. The Bertz CT molecular complexity index is 993. The molecular formula is C21H22N4O2. The number of aromatic nitrogens is 1. The van der Waals surface area contributed by atoms with Crippen LogP contribution in [0.4, 0.5) is 11.4 Å². The maximum absolute atomic E-state index is 12.9. The Kier molecular flexibility index (Phi) is 5.47. The molecule has 0 unspecified atom stereocenters. The number of hydrogen-bond acceptors (Lipinski definition) is 4. The number of nitrogens with zero attached hydrogens (tertiary/aromatic N) is 2. The van der Waals surface area contributed by atoms with E-state index >= 15 is 0 Å². The zero-order chi connectivity index (χ0) is 19.4. The van der Waals surface area contributed by atoms with Crippen molar-refractivity contribution in [3.63, 3.8) is 0 Å². The highest BCUT2D eigenvalue weighted by molar-refractivity contribution is 6.13. The Hall–Kier alpha value is -3.25. The minimum Gasteiger partial charge on any atom is -0.323 e. The molecule has 6 nitrogen and oxygen atoms in total. The minimum atomic E-state index is -0.270. The van der Waals surface area contributed by atoms with Crippen molar-refractivity contribution in [3.05, 3.63) is 65.9 Å². The highest BCUT2D eigenvalue weighted by atomic mass is 16.2. The molecule has 0 aliphatic carbocycles. The molecule has 6 heteroatoms. The Morgan fingerprint density at radius 2 is 1.78 bits per heavy atom. The largest absolute Gasteiger partial charge is 0.323 e. The number of carbonyl (C=O) groups is 2. The van der Waals surface area contributed by atoms with Gasteiger partial charge in [0, 0.05) is 11.6 Å².